The minimum Gasteiger partial charge on any atom is -0.454 e. The Bertz CT molecular complexity index is 573. The number of rotatable bonds is 8. The second kappa shape index (κ2) is 9.51. The summed E-state index contributed by atoms with van der Waals surface area (Å²) in [6, 6.07) is 6.59. The molecule has 0 spiro atoms. The average Bonchev–Trinajstić information content (AvgIpc) is 3.03. The zero-order valence-electron chi connectivity index (χ0n) is 16.1. The minimum absolute atomic E-state index is 0.316. The van der Waals surface area contributed by atoms with Gasteiger partial charge in [0.2, 0.25) is 6.79 Å². The summed E-state index contributed by atoms with van der Waals surface area (Å²) in [5.74, 6) is 3.18. The van der Waals surface area contributed by atoms with Gasteiger partial charge in [-0.1, -0.05) is 19.9 Å². The van der Waals surface area contributed by atoms with Crippen molar-refractivity contribution < 1.29 is 9.47 Å². The molecule has 0 aliphatic carbocycles. The fourth-order valence-corrected chi connectivity index (χ4v) is 2.88. The van der Waals surface area contributed by atoms with Crippen LogP contribution < -0.4 is 20.1 Å². The predicted octanol–water partition coefficient (Wildman–Crippen LogP) is 2.10. The topological polar surface area (TPSA) is 58.1 Å². The molecule has 0 fully saturated rings. The maximum atomic E-state index is 5.42. The third-order valence-electron chi connectivity index (χ3n) is 4.35. The first-order chi connectivity index (χ1) is 12.0. The first-order valence-corrected chi connectivity index (χ1v) is 8.99. The van der Waals surface area contributed by atoms with Gasteiger partial charge in [-0.25, -0.2) is 0 Å². The SMILES string of the molecule is CN=C(NCCc1ccc2c(c1)OCO2)NCC(CC(C)C)N(C)C. The van der Waals surface area contributed by atoms with Gasteiger partial charge < -0.3 is 25.0 Å². The molecular weight excluding hydrogens is 316 g/mol. The zero-order chi connectivity index (χ0) is 18.2. The standard InChI is InChI=1S/C19H32N4O2/c1-14(2)10-16(23(4)5)12-22-19(20-3)21-9-8-15-6-7-17-18(11-15)25-13-24-17/h6-7,11,14,16H,8-10,12-13H2,1-5H3,(H2,20,21,22). The number of guanidine groups is 1. The van der Waals surface area contributed by atoms with Crippen molar-refractivity contribution in [3.8, 4) is 11.5 Å². The van der Waals surface area contributed by atoms with Gasteiger partial charge in [0, 0.05) is 26.2 Å². The summed E-state index contributed by atoms with van der Waals surface area (Å²) in [4.78, 5) is 6.59. The normalized spacial score (nSPS) is 14.9. The maximum absolute atomic E-state index is 5.42. The molecule has 140 valence electrons. The Labute approximate surface area is 151 Å². The summed E-state index contributed by atoms with van der Waals surface area (Å²) in [7, 11) is 6.07. The molecule has 0 saturated heterocycles. The van der Waals surface area contributed by atoms with Crippen LogP contribution in [0.4, 0.5) is 0 Å². The summed E-state index contributed by atoms with van der Waals surface area (Å²) < 4.78 is 10.8. The van der Waals surface area contributed by atoms with Crippen molar-refractivity contribution in [2.75, 3.05) is 41.0 Å². The lowest BCUT2D eigenvalue weighted by atomic mass is 10.0. The van der Waals surface area contributed by atoms with Gasteiger partial charge in [-0.05, 0) is 50.6 Å². The first kappa shape index (κ1) is 19.4. The van der Waals surface area contributed by atoms with E-state index in [0.29, 0.717) is 18.8 Å². The van der Waals surface area contributed by atoms with Gasteiger partial charge in [-0.2, -0.15) is 0 Å². The number of nitrogens with one attached hydrogen (secondary N) is 2. The Hall–Kier alpha value is -1.95. The van der Waals surface area contributed by atoms with E-state index < -0.39 is 0 Å². The van der Waals surface area contributed by atoms with Crippen LogP contribution in [0.3, 0.4) is 0 Å². The highest BCUT2D eigenvalue weighted by Gasteiger charge is 2.14. The lowest BCUT2D eigenvalue weighted by Crippen LogP contribution is -2.45. The molecule has 6 nitrogen and oxygen atoms in total. The van der Waals surface area contributed by atoms with E-state index in [-0.39, 0.29) is 0 Å². The molecule has 0 radical (unpaired) electrons. The molecule has 1 aromatic carbocycles. The van der Waals surface area contributed by atoms with Crippen LogP contribution in [0.5, 0.6) is 11.5 Å². The van der Waals surface area contributed by atoms with Gasteiger partial charge in [0.05, 0.1) is 0 Å². The number of hydrogen-bond acceptors (Lipinski definition) is 4. The Morgan fingerprint density at radius 1 is 1.20 bits per heavy atom. The molecule has 1 aliphatic rings. The van der Waals surface area contributed by atoms with E-state index >= 15 is 0 Å². The van der Waals surface area contributed by atoms with Crippen molar-refractivity contribution in [3.63, 3.8) is 0 Å². The Morgan fingerprint density at radius 2 is 1.96 bits per heavy atom. The Kier molecular flexibility index (Phi) is 7.37. The van der Waals surface area contributed by atoms with Crippen LogP contribution in [0.15, 0.2) is 23.2 Å². The fraction of sp³-hybridized carbons (Fsp3) is 0.632. The van der Waals surface area contributed by atoms with Gasteiger partial charge in [-0.15, -0.1) is 0 Å². The smallest absolute Gasteiger partial charge is 0.231 e. The fourth-order valence-electron chi connectivity index (χ4n) is 2.88. The second-order valence-electron chi connectivity index (χ2n) is 7.06. The summed E-state index contributed by atoms with van der Waals surface area (Å²) in [6.07, 6.45) is 2.06. The molecule has 1 atom stereocenters. The summed E-state index contributed by atoms with van der Waals surface area (Å²) in [6.45, 7) is 6.53. The lowest BCUT2D eigenvalue weighted by molar-refractivity contribution is 0.174. The molecule has 1 unspecified atom stereocenters. The number of fused-ring (bicyclic) bond motifs is 1. The van der Waals surface area contributed by atoms with Crippen LogP contribution in [0.25, 0.3) is 0 Å². The van der Waals surface area contributed by atoms with Gasteiger partial charge in [0.25, 0.3) is 0 Å². The second-order valence-corrected chi connectivity index (χ2v) is 7.06. The van der Waals surface area contributed by atoms with Crippen LogP contribution in [-0.2, 0) is 6.42 Å². The van der Waals surface area contributed by atoms with Crippen LogP contribution in [0, 0.1) is 5.92 Å². The predicted molar refractivity (Wildman–Crippen MR) is 103 cm³/mol. The minimum atomic E-state index is 0.316. The van der Waals surface area contributed by atoms with Crippen molar-refractivity contribution in [2.24, 2.45) is 10.9 Å². The molecule has 25 heavy (non-hydrogen) atoms. The summed E-state index contributed by atoms with van der Waals surface area (Å²) >= 11 is 0. The zero-order valence-corrected chi connectivity index (χ0v) is 16.1. The molecule has 6 heteroatoms. The quantitative estimate of drug-likeness (QED) is 0.557. The molecular formula is C19H32N4O2. The van der Waals surface area contributed by atoms with Crippen molar-refractivity contribution >= 4 is 5.96 Å². The molecule has 1 aliphatic heterocycles. The van der Waals surface area contributed by atoms with E-state index in [9.17, 15) is 0 Å². The maximum Gasteiger partial charge on any atom is 0.231 e. The molecule has 0 amide bonds. The number of ether oxygens (including phenoxy) is 2. The third-order valence-corrected chi connectivity index (χ3v) is 4.35. The molecule has 0 aromatic heterocycles. The molecule has 1 heterocycles. The van der Waals surface area contributed by atoms with Crippen LogP contribution in [0.2, 0.25) is 0 Å². The van der Waals surface area contributed by atoms with Crippen molar-refractivity contribution in [1.82, 2.24) is 15.5 Å². The van der Waals surface area contributed by atoms with E-state index in [2.05, 4.69) is 54.5 Å². The highest BCUT2D eigenvalue weighted by Crippen LogP contribution is 2.32. The van der Waals surface area contributed by atoms with E-state index in [4.69, 9.17) is 9.47 Å². The molecule has 0 bridgehead atoms. The molecule has 2 rings (SSSR count). The lowest BCUT2D eigenvalue weighted by Gasteiger charge is -2.27. The molecule has 1 aromatic rings. The number of benzene rings is 1. The van der Waals surface area contributed by atoms with Gasteiger partial charge in [0.1, 0.15) is 0 Å². The van der Waals surface area contributed by atoms with Gasteiger partial charge in [-0.3, -0.25) is 4.99 Å². The highest BCUT2D eigenvalue weighted by atomic mass is 16.7. The van der Waals surface area contributed by atoms with Gasteiger partial charge in [0.15, 0.2) is 17.5 Å². The van der Waals surface area contributed by atoms with Crippen LogP contribution >= 0.6 is 0 Å². The van der Waals surface area contributed by atoms with Crippen molar-refractivity contribution in [3.05, 3.63) is 23.8 Å². The van der Waals surface area contributed by atoms with Crippen LogP contribution in [-0.4, -0.2) is 57.9 Å². The summed E-state index contributed by atoms with van der Waals surface area (Å²) in [5, 5.41) is 6.82. The van der Waals surface area contributed by atoms with Crippen LogP contribution in [0.1, 0.15) is 25.8 Å². The Balaban J connectivity index is 1.76. The number of likely N-dealkylation sites (N-methyl/N-ethyl adjacent to an activating group) is 1. The van der Waals surface area contributed by atoms with E-state index in [0.717, 1.165) is 43.4 Å². The van der Waals surface area contributed by atoms with E-state index in [1.54, 1.807) is 0 Å². The van der Waals surface area contributed by atoms with E-state index in [1.807, 2.05) is 19.2 Å². The Morgan fingerprint density at radius 3 is 2.64 bits per heavy atom. The van der Waals surface area contributed by atoms with Crippen molar-refractivity contribution in [2.45, 2.75) is 32.7 Å². The van der Waals surface area contributed by atoms with E-state index in [1.165, 1.54) is 5.56 Å². The molecule has 0 saturated carbocycles. The van der Waals surface area contributed by atoms with Gasteiger partial charge >= 0.3 is 0 Å². The number of hydrogen-bond donors (Lipinski definition) is 2. The first-order valence-electron chi connectivity index (χ1n) is 8.99. The number of aliphatic imine (C=N–C) groups is 1. The highest BCUT2D eigenvalue weighted by molar-refractivity contribution is 5.79. The number of nitrogens with zero attached hydrogens (tertiary/aromatic N) is 2. The third kappa shape index (κ3) is 6.12. The monoisotopic (exact) mass is 348 g/mol. The molecule has 2 N–H and O–H groups in total. The summed E-state index contributed by atoms with van der Waals surface area (Å²) in [5.41, 5.74) is 1.22. The largest absolute Gasteiger partial charge is 0.454 e. The van der Waals surface area contributed by atoms with Crippen molar-refractivity contribution in [1.29, 1.82) is 0 Å². The average molecular weight is 348 g/mol.